The van der Waals surface area contributed by atoms with E-state index in [0.717, 1.165) is 5.56 Å². The Labute approximate surface area is 141 Å². The average molecular weight is 321 g/mol. The predicted molar refractivity (Wildman–Crippen MR) is 103 cm³/mol. The molecule has 2 N–H and O–H groups in total. The Hall–Kier alpha value is -2.46. The molecule has 0 aromatic heterocycles. The second-order valence-electron chi connectivity index (χ2n) is 5.73. The monoisotopic (exact) mass is 321 g/mol. The van der Waals surface area contributed by atoms with Gasteiger partial charge in [-0.2, -0.15) is 5.10 Å². The third-order valence-corrected chi connectivity index (χ3v) is 3.80. The summed E-state index contributed by atoms with van der Waals surface area (Å²) in [6.45, 7) is 4.08. The van der Waals surface area contributed by atoms with E-state index < -0.39 is 0 Å². The Kier molecular flexibility index (Phi) is 4.53. The highest BCUT2D eigenvalue weighted by Gasteiger charge is 2.05. The first-order chi connectivity index (χ1) is 11.1. The maximum atomic E-state index is 5.20. The van der Waals surface area contributed by atoms with Gasteiger partial charge in [-0.25, -0.2) is 0 Å². The quantitative estimate of drug-likeness (QED) is 0.328. The van der Waals surface area contributed by atoms with Crippen LogP contribution in [0.15, 0.2) is 59.7 Å². The smallest absolute Gasteiger partial charge is 0.187 e. The fourth-order valence-corrected chi connectivity index (χ4v) is 2.93. The number of hydrazone groups is 1. The molecular weight excluding hydrogens is 302 g/mol. The molecule has 0 heterocycles. The van der Waals surface area contributed by atoms with Gasteiger partial charge in [0.1, 0.15) is 0 Å². The Morgan fingerprint density at radius 3 is 2.13 bits per heavy atom. The second kappa shape index (κ2) is 6.75. The van der Waals surface area contributed by atoms with Crippen molar-refractivity contribution in [1.29, 1.82) is 0 Å². The summed E-state index contributed by atoms with van der Waals surface area (Å²) in [6.07, 6.45) is 1.85. The van der Waals surface area contributed by atoms with E-state index in [1.165, 1.54) is 21.5 Å². The number of hydrogen-bond donors (Lipinski definition) is 2. The number of rotatable bonds is 3. The molecule has 0 spiro atoms. The summed E-state index contributed by atoms with van der Waals surface area (Å²) in [4.78, 5) is 0. The number of nitrogens with zero attached hydrogens (tertiary/aromatic N) is 1. The molecule has 0 aliphatic rings. The molecule has 0 fully saturated rings. The minimum Gasteiger partial charge on any atom is -0.359 e. The van der Waals surface area contributed by atoms with Crippen LogP contribution in [0, 0.1) is 0 Å². The molecule has 0 bridgehead atoms. The summed E-state index contributed by atoms with van der Waals surface area (Å²) in [5.41, 5.74) is 3.98. The van der Waals surface area contributed by atoms with Crippen LogP contribution in [0.3, 0.4) is 0 Å². The van der Waals surface area contributed by atoms with Crippen molar-refractivity contribution in [2.24, 2.45) is 5.10 Å². The highest BCUT2D eigenvalue weighted by atomic mass is 32.1. The van der Waals surface area contributed by atoms with Gasteiger partial charge in [-0.15, -0.1) is 0 Å². The van der Waals surface area contributed by atoms with Crippen molar-refractivity contribution in [3.63, 3.8) is 0 Å². The maximum absolute atomic E-state index is 5.20. The van der Waals surface area contributed by atoms with Crippen LogP contribution in [-0.2, 0) is 0 Å². The molecule has 116 valence electrons. The SMILES string of the molecule is CC(C)NC(=S)NN=Cc1c2ccccc2cc2ccccc12. The van der Waals surface area contributed by atoms with E-state index in [9.17, 15) is 0 Å². The minimum absolute atomic E-state index is 0.281. The molecule has 0 aliphatic heterocycles. The van der Waals surface area contributed by atoms with Gasteiger partial charge in [0.2, 0.25) is 0 Å². The molecule has 0 aliphatic carbocycles. The van der Waals surface area contributed by atoms with Crippen LogP contribution in [0.2, 0.25) is 0 Å². The molecule has 3 aromatic rings. The van der Waals surface area contributed by atoms with Crippen LogP contribution in [0.5, 0.6) is 0 Å². The van der Waals surface area contributed by atoms with E-state index in [0.29, 0.717) is 5.11 Å². The van der Waals surface area contributed by atoms with Crippen molar-refractivity contribution in [3.05, 3.63) is 60.2 Å². The van der Waals surface area contributed by atoms with Gasteiger partial charge in [-0.1, -0.05) is 48.5 Å². The Morgan fingerprint density at radius 2 is 1.57 bits per heavy atom. The van der Waals surface area contributed by atoms with Crippen LogP contribution in [-0.4, -0.2) is 17.4 Å². The molecule has 3 rings (SSSR count). The third kappa shape index (κ3) is 3.48. The number of nitrogens with one attached hydrogen (secondary N) is 2. The van der Waals surface area contributed by atoms with Gasteiger partial charge in [0.25, 0.3) is 0 Å². The normalized spacial score (nSPS) is 11.4. The molecule has 3 nitrogen and oxygen atoms in total. The number of fused-ring (bicyclic) bond motifs is 2. The largest absolute Gasteiger partial charge is 0.359 e. The van der Waals surface area contributed by atoms with Gasteiger partial charge in [0, 0.05) is 11.6 Å². The summed E-state index contributed by atoms with van der Waals surface area (Å²) in [6, 6.07) is 19.2. The van der Waals surface area contributed by atoms with E-state index in [2.05, 4.69) is 58.3 Å². The average Bonchev–Trinajstić information content (AvgIpc) is 2.53. The van der Waals surface area contributed by atoms with Crippen LogP contribution in [0.1, 0.15) is 19.4 Å². The second-order valence-corrected chi connectivity index (χ2v) is 6.14. The van der Waals surface area contributed by atoms with E-state index in [-0.39, 0.29) is 6.04 Å². The first-order valence-corrected chi connectivity index (χ1v) is 8.06. The van der Waals surface area contributed by atoms with Gasteiger partial charge in [0.15, 0.2) is 5.11 Å². The number of benzene rings is 3. The topological polar surface area (TPSA) is 36.4 Å². The van der Waals surface area contributed by atoms with Crippen molar-refractivity contribution in [3.8, 4) is 0 Å². The lowest BCUT2D eigenvalue weighted by Gasteiger charge is -2.10. The third-order valence-electron chi connectivity index (χ3n) is 3.59. The molecule has 0 saturated carbocycles. The fourth-order valence-electron chi connectivity index (χ4n) is 2.64. The number of hydrogen-bond acceptors (Lipinski definition) is 2. The Morgan fingerprint density at radius 1 is 1.00 bits per heavy atom. The van der Waals surface area contributed by atoms with E-state index >= 15 is 0 Å². The molecule has 0 amide bonds. The van der Waals surface area contributed by atoms with E-state index in [1.54, 1.807) is 0 Å². The van der Waals surface area contributed by atoms with Crippen LogP contribution < -0.4 is 10.7 Å². The lowest BCUT2D eigenvalue weighted by molar-refractivity contribution is 0.720. The molecule has 0 saturated heterocycles. The predicted octanol–water partition coefficient (Wildman–Crippen LogP) is 4.20. The zero-order chi connectivity index (χ0) is 16.2. The van der Waals surface area contributed by atoms with Crippen LogP contribution >= 0.6 is 12.2 Å². The van der Waals surface area contributed by atoms with E-state index in [4.69, 9.17) is 12.2 Å². The summed E-state index contributed by atoms with van der Waals surface area (Å²) < 4.78 is 0. The van der Waals surface area contributed by atoms with Crippen molar-refractivity contribution < 1.29 is 0 Å². The maximum Gasteiger partial charge on any atom is 0.187 e. The molecule has 4 heteroatoms. The van der Waals surface area contributed by atoms with Crippen molar-refractivity contribution in [1.82, 2.24) is 10.7 Å². The van der Waals surface area contributed by atoms with Crippen molar-refractivity contribution in [2.75, 3.05) is 0 Å². The first kappa shape index (κ1) is 15.4. The van der Waals surface area contributed by atoms with Crippen LogP contribution in [0.25, 0.3) is 21.5 Å². The lowest BCUT2D eigenvalue weighted by Crippen LogP contribution is -2.36. The zero-order valence-electron chi connectivity index (χ0n) is 13.2. The highest BCUT2D eigenvalue weighted by molar-refractivity contribution is 7.80. The molecule has 3 aromatic carbocycles. The van der Waals surface area contributed by atoms with Gasteiger partial charge >= 0.3 is 0 Å². The molecular formula is C19H19N3S. The molecule has 0 radical (unpaired) electrons. The Bertz CT molecular complexity index is 830. The van der Waals surface area contributed by atoms with Gasteiger partial charge in [-0.3, -0.25) is 5.43 Å². The van der Waals surface area contributed by atoms with Crippen molar-refractivity contribution >= 4 is 45.1 Å². The number of thiocarbonyl (C=S) groups is 1. The summed E-state index contributed by atoms with van der Waals surface area (Å²) in [5.74, 6) is 0. The molecule has 23 heavy (non-hydrogen) atoms. The summed E-state index contributed by atoms with van der Waals surface area (Å²) >= 11 is 5.20. The van der Waals surface area contributed by atoms with Crippen LogP contribution in [0.4, 0.5) is 0 Å². The van der Waals surface area contributed by atoms with Crippen molar-refractivity contribution in [2.45, 2.75) is 19.9 Å². The summed E-state index contributed by atoms with van der Waals surface area (Å²) in [7, 11) is 0. The molecule has 0 atom stereocenters. The lowest BCUT2D eigenvalue weighted by atomic mass is 9.97. The molecule has 0 unspecified atom stereocenters. The highest BCUT2D eigenvalue weighted by Crippen LogP contribution is 2.27. The first-order valence-electron chi connectivity index (χ1n) is 7.65. The fraction of sp³-hybridized carbons (Fsp3) is 0.158. The zero-order valence-corrected chi connectivity index (χ0v) is 14.0. The van der Waals surface area contributed by atoms with Gasteiger partial charge < -0.3 is 5.32 Å². The Balaban J connectivity index is 2.02. The standard InChI is InChI=1S/C19H19N3S/c1-13(2)21-19(23)22-20-12-18-16-9-5-3-7-14(16)11-15-8-4-6-10-17(15)18/h3-13H,1-2H3,(H2,21,22,23). The summed E-state index contributed by atoms with van der Waals surface area (Å²) in [5, 5.41) is 12.7. The van der Waals surface area contributed by atoms with Gasteiger partial charge in [-0.05, 0) is 53.7 Å². The van der Waals surface area contributed by atoms with E-state index in [1.807, 2.05) is 32.2 Å². The minimum atomic E-state index is 0.281. The van der Waals surface area contributed by atoms with Gasteiger partial charge in [0.05, 0.1) is 6.21 Å².